The number of hydrogen-bond donors (Lipinski definition) is 2. The van der Waals surface area contributed by atoms with Crippen LogP contribution < -0.4 is 15.5 Å². The smallest absolute Gasteiger partial charge is 0.263 e. The Labute approximate surface area is 167 Å². The Hall–Kier alpha value is -2.97. The van der Waals surface area contributed by atoms with Gasteiger partial charge in [-0.1, -0.05) is 17.4 Å². The van der Waals surface area contributed by atoms with Crippen molar-refractivity contribution in [1.29, 1.82) is 0 Å². The maximum atomic E-state index is 12.3. The minimum Gasteiger partial charge on any atom is -0.378 e. The number of rotatable bonds is 6. The highest BCUT2D eigenvalue weighted by atomic mass is 32.1. The number of thiazole rings is 1. The van der Waals surface area contributed by atoms with Gasteiger partial charge in [0.05, 0.1) is 19.4 Å². The summed E-state index contributed by atoms with van der Waals surface area (Å²) >= 11 is 1.33. The number of carbonyl (C=O) groups excluding carboxylic acids is 1. The van der Waals surface area contributed by atoms with Gasteiger partial charge in [0.2, 0.25) is 0 Å². The highest BCUT2D eigenvalue weighted by Gasteiger charge is 2.12. The lowest BCUT2D eigenvalue weighted by Gasteiger charge is -2.28. The van der Waals surface area contributed by atoms with E-state index in [4.69, 9.17) is 4.74 Å². The van der Waals surface area contributed by atoms with Crippen molar-refractivity contribution in [3.8, 4) is 0 Å². The molecule has 0 spiro atoms. The second-order valence-electron chi connectivity index (χ2n) is 6.34. The highest BCUT2D eigenvalue weighted by Crippen LogP contribution is 2.25. The first-order chi connectivity index (χ1) is 13.8. The first kappa shape index (κ1) is 18.4. The number of morpholine rings is 1. The van der Waals surface area contributed by atoms with Crippen LogP contribution in [0.5, 0.6) is 0 Å². The van der Waals surface area contributed by atoms with E-state index >= 15 is 0 Å². The van der Waals surface area contributed by atoms with Crippen LogP contribution in [0.3, 0.4) is 0 Å². The molecule has 28 heavy (non-hydrogen) atoms. The molecule has 1 amide bonds. The number of anilines is 3. The molecule has 144 valence electrons. The molecule has 2 aromatic heterocycles. The van der Waals surface area contributed by atoms with Crippen LogP contribution in [0, 0.1) is 0 Å². The molecule has 0 saturated carbocycles. The molecule has 1 aromatic carbocycles. The number of nitrogens with one attached hydrogen (secondary N) is 2. The maximum absolute atomic E-state index is 12.3. The molecule has 0 radical (unpaired) electrons. The summed E-state index contributed by atoms with van der Waals surface area (Å²) in [4.78, 5) is 23.5. The Balaban J connectivity index is 1.33. The van der Waals surface area contributed by atoms with Gasteiger partial charge in [-0.05, 0) is 35.9 Å². The molecule has 1 saturated heterocycles. The van der Waals surface area contributed by atoms with Crippen molar-refractivity contribution in [2.75, 3.05) is 36.5 Å². The fraction of sp³-hybridized carbons (Fsp3) is 0.250. The number of nitrogens with zero attached hydrogens (tertiary/aromatic N) is 3. The predicted octanol–water partition coefficient (Wildman–Crippen LogP) is 3.05. The normalized spacial score (nSPS) is 13.9. The van der Waals surface area contributed by atoms with Gasteiger partial charge in [-0.25, -0.2) is 4.98 Å². The molecule has 7 nitrogen and oxygen atoms in total. The van der Waals surface area contributed by atoms with Crippen molar-refractivity contribution in [1.82, 2.24) is 15.3 Å². The minimum atomic E-state index is -0.142. The Morgan fingerprint density at radius 3 is 2.71 bits per heavy atom. The van der Waals surface area contributed by atoms with E-state index in [1.807, 2.05) is 24.3 Å². The third-order valence-corrected chi connectivity index (χ3v) is 5.31. The number of aromatic nitrogens is 2. The topological polar surface area (TPSA) is 79.4 Å². The van der Waals surface area contributed by atoms with Crippen molar-refractivity contribution >= 4 is 33.8 Å². The second kappa shape index (κ2) is 8.81. The lowest BCUT2D eigenvalue weighted by atomic mass is 10.2. The molecule has 2 N–H and O–H groups in total. The summed E-state index contributed by atoms with van der Waals surface area (Å²) in [7, 11) is 0. The van der Waals surface area contributed by atoms with Crippen LogP contribution in [0.2, 0.25) is 0 Å². The Bertz CT molecular complexity index is 908. The van der Waals surface area contributed by atoms with Crippen molar-refractivity contribution < 1.29 is 9.53 Å². The summed E-state index contributed by atoms with van der Waals surface area (Å²) < 4.78 is 5.39. The molecule has 3 aromatic rings. The average Bonchev–Trinajstić information content (AvgIpc) is 3.22. The number of benzene rings is 1. The van der Waals surface area contributed by atoms with Gasteiger partial charge in [0.25, 0.3) is 5.91 Å². The number of ether oxygens (including phenoxy) is 1. The molecular formula is C20H21N5O2S. The molecule has 0 aliphatic carbocycles. The second-order valence-corrected chi connectivity index (χ2v) is 7.38. The summed E-state index contributed by atoms with van der Waals surface area (Å²) in [6, 6.07) is 12.0. The molecular weight excluding hydrogens is 374 g/mol. The molecule has 0 bridgehead atoms. The van der Waals surface area contributed by atoms with E-state index in [0.717, 1.165) is 37.6 Å². The van der Waals surface area contributed by atoms with Crippen LogP contribution >= 0.6 is 11.3 Å². The van der Waals surface area contributed by atoms with E-state index in [2.05, 4.69) is 37.6 Å². The first-order valence-corrected chi connectivity index (χ1v) is 9.92. The quantitative estimate of drug-likeness (QED) is 0.668. The Morgan fingerprint density at radius 2 is 1.96 bits per heavy atom. The summed E-state index contributed by atoms with van der Waals surface area (Å²) in [5, 5.41) is 6.83. The van der Waals surface area contributed by atoms with Gasteiger partial charge >= 0.3 is 0 Å². The van der Waals surface area contributed by atoms with Gasteiger partial charge in [0.15, 0.2) is 5.13 Å². The molecule has 4 rings (SSSR count). The Morgan fingerprint density at radius 1 is 1.14 bits per heavy atom. The standard InChI is InChI=1S/C20H21N5O2S/c26-19(22-13-15-2-1-7-21-12-15)18-14-23-20(28-18)24-16-3-5-17(6-4-16)25-8-10-27-11-9-25/h1-7,12,14H,8-11,13H2,(H,22,26)(H,23,24). The zero-order valence-electron chi connectivity index (χ0n) is 15.3. The summed E-state index contributed by atoms with van der Waals surface area (Å²) in [5.41, 5.74) is 3.08. The molecule has 0 atom stereocenters. The van der Waals surface area contributed by atoms with E-state index in [9.17, 15) is 4.79 Å². The van der Waals surface area contributed by atoms with Crippen molar-refractivity contribution in [2.45, 2.75) is 6.54 Å². The van der Waals surface area contributed by atoms with Crippen molar-refractivity contribution in [3.63, 3.8) is 0 Å². The number of carbonyl (C=O) groups is 1. The largest absolute Gasteiger partial charge is 0.378 e. The molecule has 1 aliphatic heterocycles. The third kappa shape index (κ3) is 4.65. The minimum absolute atomic E-state index is 0.142. The fourth-order valence-corrected chi connectivity index (χ4v) is 3.66. The number of hydrogen-bond acceptors (Lipinski definition) is 7. The van der Waals surface area contributed by atoms with E-state index < -0.39 is 0 Å². The summed E-state index contributed by atoms with van der Waals surface area (Å²) in [5.74, 6) is -0.142. The number of pyridine rings is 1. The molecule has 1 fully saturated rings. The highest BCUT2D eigenvalue weighted by molar-refractivity contribution is 7.17. The summed E-state index contributed by atoms with van der Waals surface area (Å²) in [6.07, 6.45) is 5.04. The first-order valence-electron chi connectivity index (χ1n) is 9.11. The van der Waals surface area contributed by atoms with Crippen molar-refractivity contribution in [2.24, 2.45) is 0 Å². The molecule has 3 heterocycles. The van der Waals surface area contributed by atoms with Gasteiger partial charge in [-0.15, -0.1) is 0 Å². The van der Waals surface area contributed by atoms with Crippen LogP contribution in [0.4, 0.5) is 16.5 Å². The van der Waals surface area contributed by atoms with Crippen LogP contribution in [0.15, 0.2) is 55.0 Å². The SMILES string of the molecule is O=C(NCc1cccnc1)c1cnc(Nc2ccc(N3CCOCC3)cc2)s1. The molecule has 1 aliphatic rings. The van der Waals surface area contributed by atoms with Crippen LogP contribution in [-0.2, 0) is 11.3 Å². The molecule has 8 heteroatoms. The summed E-state index contributed by atoms with van der Waals surface area (Å²) in [6.45, 7) is 3.80. The van der Waals surface area contributed by atoms with E-state index in [0.29, 0.717) is 16.6 Å². The fourth-order valence-electron chi connectivity index (χ4n) is 2.91. The lowest BCUT2D eigenvalue weighted by Crippen LogP contribution is -2.36. The zero-order valence-corrected chi connectivity index (χ0v) is 16.1. The van der Waals surface area contributed by atoms with Gasteiger partial charge in [-0.2, -0.15) is 0 Å². The van der Waals surface area contributed by atoms with Crippen LogP contribution in [0.25, 0.3) is 0 Å². The van der Waals surface area contributed by atoms with Crippen LogP contribution in [-0.4, -0.2) is 42.2 Å². The van der Waals surface area contributed by atoms with Crippen LogP contribution in [0.1, 0.15) is 15.2 Å². The predicted molar refractivity (Wildman–Crippen MR) is 110 cm³/mol. The van der Waals surface area contributed by atoms with E-state index in [1.165, 1.54) is 17.0 Å². The maximum Gasteiger partial charge on any atom is 0.263 e. The van der Waals surface area contributed by atoms with Gasteiger partial charge in [0.1, 0.15) is 4.88 Å². The third-order valence-electron chi connectivity index (χ3n) is 4.40. The van der Waals surface area contributed by atoms with E-state index in [-0.39, 0.29) is 5.91 Å². The Kier molecular flexibility index (Phi) is 5.79. The van der Waals surface area contributed by atoms with Crippen molar-refractivity contribution in [3.05, 3.63) is 65.4 Å². The van der Waals surface area contributed by atoms with E-state index in [1.54, 1.807) is 18.6 Å². The van der Waals surface area contributed by atoms with Gasteiger partial charge in [-0.3, -0.25) is 9.78 Å². The lowest BCUT2D eigenvalue weighted by molar-refractivity contribution is 0.0954. The monoisotopic (exact) mass is 395 g/mol. The number of amides is 1. The average molecular weight is 395 g/mol. The van der Waals surface area contributed by atoms with Gasteiger partial charge < -0.3 is 20.3 Å². The zero-order chi connectivity index (χ0) is 19.2. The van der Waals surface area contributed by atoms with Gasteiger partial charge in [0, 0.05) is 43.4 Å². The molecule has 0 unspecified atom stereocenters.